The fourth-order valence-corrected chi connectivity index (χ4v) is 3.34. The lowest BCUT2D eigenvalue weighted by atomic mass is 10.0. The van der Waals surface area contributed by atoms with Gasteiger partial charge in [-0.3, -0.25) is 19.3 Å². The van der Waals surface area contributed by atoms with Gasteiger partial charge in [-0.15, -0.1) is 0 Å². The number of carbonyl (C=O) groups excluding carboxylic acids is 3. The number of primary amides is 1. The molecule has 7 nitrogen and oxygen atoms in total. The lowest BCUT2D eigenvalue weighted by molar-refractivity contribution is -0.119. The van der Waals surface area contributed by atoms with Gasteiger partial charge < -0.3 is 16.4 Å². The highest BCUT2D eigenvalue weighted by Crippen LogP contribution is 2.12. The third kappa shape index (κ3) is 6.56. The number of hydrogen-bond acceptors (Lipinski definition) is 4. The molecule has 0 radical (unpaired) electrons. The second-order valence-electron chi connectivity index (χ2n) is 7.29. The van der Waals surface area contributed by atoms with Crippen LogP contribution in [0.1, 0.15) is 28.8 Å². The smallest absolute Gasteiger partial charge is 0.248 e. The van der Waals surface area contributed by atoms with Crippen molar-refractivity contribution in [2.24, 2.45) is 5.73 Å². The number of carbonyl (C=O) groups is 3. The Kier molecular flexibility index (Phi) is 7.34. The molecule has 2 aromatic carbocycles. The average molecular weight is 406 g/mol. The lowest BCUT2D eigenvalue weighted by Gasteiger charge is -2.31. The van der Waals surface area contributed by atoms with Crippen molar-refractivity contribution in [1.29, 1.82) is 0 Å². The van der Waals surface area contributed by atoms with Crippen LogP contribution < -0.4 is 16.4 Å². The Hall–Kier alpha value is -3.45. The highest BCUT2D eigenvalue weighted by Gasteiger charge is 2.21. The molecular formula is C23H26N4O3. The first kappa shape index (κ1) is 21.3. The molecule has 0 atom stereocenters. The van der Waals surface area contributed by atoms with Gasteiger partial charge in [0.15, 0.2) is 0 Å². The van der Waals surface area contributed by atoms with Crippen molar-refractivity contribution in [1.82, 2.24) is 10.2 Å². The summed E-state index contributed by atoms with van der Waals surface area (Å²) in [5.74, 6) is -0.671. The molecule has 0 aromatic heterocycles. The quantitative estimate of drug-likeness (QED) is 0.612. The van der Waals surface area contributed by atoms with Crippen LogP contribution in [0.15, 0.2) is 60.7 Å². The second-order valence-corrected chi connectivity index (χ2v) is 7.29. The molecule has 7 heteroatoms. The molecule has 1 aliphatic heterocycles. The number of rotatable bonds is 7. The van der Waals surface area contributed by atoms with E-state index in [0.29, 0.717) is 12.1 Å². The van der Waals surface area contributed by atoms with Crippen LogP contribution in [0, 0.1) is 0 Å². The molecular weight excluding hydrogens is 380 g/mol. The Labute approximate surface area is 175 Å². The van der Waals surface area contributed by atoms with Crippen molar-refractivity contribution in [3.05, 3.63) is 71.8 Å². The summed E-state index contributed by atoms with van der Waals surface area (Å²) in [4.78, 5) is 37.5. The average Bonchev–Trinajstić information content (AvgIpc) is 2.74. The number of nitrogens with zero attached hydrogens (tertiary/aromatic N) is 1. The van der Waals surface area contributed by atoms with Crippen molar-refractivity contribution in [2.45, 2.75) is 18.9 Å². The lowest BCUT2D eigenvalue weighted by Crippen LogP contribution is -2.46. The van der Waals surface area contributed by atoms with E-state index in [1.54, 1.807) is 30.3 Å². The van der Waals surface area contributed by atoms with Crippen LogP contribution in [0.4, 0.5) is 5.69 Å². The van der Waals surface area contributed by atoms with Gasteiger partial charge in [-0.2, -0.15) is 0 Å². The topological polar surface area (TPSA) is 105 Å². The molecule has 3 rings (SSSR count). The third-order valence-corrected chi connectivity index (χ3v) is 4.98. The van der Waals surface area contributed by atoms with Gasteiger partial charge in [-0.1, -0.05) is 30.3 Å². The van der Waals surface area contributed by atoms with Gasteiger partial charge in [0.25, 0.3) is 0 Å². The summed E-state index contributed by atoms with van der Waals surface area (Å²) in [5, 5.41) is 5.89. The molecule has 156 valence electrons. The minimum Gasteiger partial charge on any atom is -0.366 e. The highest BCUT2D eigenvalue weighted by atomic mass is 16.2. The molecule has 1 saturated heterocycles. The van der Waals surface area contributed by atoms with Crippen LogP contribution in [-0.2, 0) is 9.59 Å². The van der Waals surface area contributed by atoms with E-state index in [4.69, 9.17) is 5.73 Å². The van der Waals surface area contributed by atoms with E-state index < -0.39 is 5.91 Å². The number of nitrogens with one attached hydrogen (secondary N) is 2. The molecule has 0 saturated carbocycles. The Morgan fingerprint density at radius 3 is 2.30 bits per heavy atom. The van der Waals surface area contributed by atoms with Gasteiger partial charge in [0.05, 0.1) is 6.54 Å². The van der Waals surface area contributed by atoms with Crippen LogP contribution >= 0.6 is 0 Å². The van der Waals surface area contributed by atoms with Crippen LogP contribution in [0.2, 0.25) is 0 Å². The highest BCUT2D eigenvalue weighted by molar-refractivity contribution is 5.94. The van der Waals surface area contributed by atoms with Crippen LogP contribution in [0.3, 0.4) is 0 Å². The molecule has 1 aliphatic rings. The molecule has 4 N–H and O–H groups in total. The Balaban J connectivity index is 1.39. The number of likely N-dealkylation sites (tertiary alicyclic amines) is 1. The van der Waals surface area contributed by atoms with E-state index in [0.717, 1.165) is 37.2 Å². The van der Waals surface area contributed by atoms with Crippen molar-refractivity contribution in [2.75, 3.05) is 25.0 Å². The van der Waals surface area contributed by atoms with Crippen molar-refractivity contribution >= 4 is 29.5 Å². The Morgan fingerprint density at radius 1 is 1.00 bits per heavy atom. The van der Waals surface area contributed by atoms with E-state index in [-0.39, 0.29) is 17.9 Å². The normalized spacial score (nSPS) is 15.1. The van der Waals surface area contributed by atoms with Gasteiger partial charge in [0.2, 0.25) is 17.7 Å². The fourth-order valence-electron chi connectivity index (χ4n) is 3.34. The number of nitrogens with two attached hydrogens (primary N) is 1. The van der Waals surface area contributed by atoms with E-state index in [1.165, 1.54) is 6.08 Å². The number of hydrogen-bond donors (Lipinski definition) is 3. The zero-order valence-corrected chi connectivity index (χ0v) is 16.7. The molecule has 3 amide bonds. The number of piperidine rings is 1. The Morgan fingerprint density at radius 2 is 1.67 bits per heavy atom. The summed E-state index contributed by atoms with van der Waals surface area (Å²) >= 11 is 0. The van der Waals surface area contributed by atoms with E-state index in [9.17, 15) is 14.4 Å². The largest absolute Gasteiger partial charge is 0.366 e. The number of anilines is 1. The van der Waals surface area contributed by atoms with Crippen molar-refractivity contribution < 1.29 is 14.4 Å². The van der Waals surface area contributed by atoms with E-state index in [1.807, 2.05) is 30.3 Å². The van der Waals surface area contributed by atoms with Gasteiger partial charge in [-0.25, -0.2) is 0 Å². The molecule has 0 aliphatic carbocycles. The van der Waals surface area contributed by atoms with Crippen molar-refractivity contribution in [3.63, 3.8) is 0 Å². The van der Waals surface area contributed by atoms with Gasteiger partial charge in [0.1, 0.15) is 0 Å². The number of amides is 3. The maximum absolute atomic E-state index is 12.2. The molecule has 2 aromatic rings. The van der Waals surface area contributed by atoms with Crippen LogP contribution in [-0.4, -0.2) is 48.3 Å². The predicted molar refractivity (Wildman–Crippen MR) is 117 cm³/mol. The first-order valence-corrected chi connectivity index (χ1v) is 9.95. The summed E-state index contributed by atoms with van der Waals surface area (Å²) in [6, 6.07) is 16.2. The zero-order chi connectivity index (χ0) is 21.3. The minimum absolute atomic E-state index is 0.0334. The molecule has 0 unspecified atom stereocenters. The molecule has 1 fully saturated rings. The summed E-state index contributed by atoms with van der Waals surface area (Å²) in [7, 11) is 0. The summed E-state index contributed by atoms with van der Waals surface area (Å²) in [6.07, 6.45) is 4.78. The minimum atomic E-state index is -0.479. The van der Waals surface area contributed by atoms with Crippen LogP contribution in [0.25, 0.3) is 6.08 Å². The van der Waals surface area contributed by atoms with E-state index in [2.05, 4.69) is 15.5 Å². The first-order chi connectivity index (χ1) is 14.5. The molecule has 30 heavy (non-hydrogen) atoms. The summed E-state index contributed by atoms with van der Waals surface area (Å²) in [5.41, 5.74) is 7.25. The van der Waals surface area contributed by atoms with Gasteiger partial charge in [0, 0.05) is 36.5 Å². The molecule has 0 bridgehead atoms. The van der Waals surface area contributed by atoms with Gasteiger partial charge in [-0.05, 0) is 48.7 Å². The first-order valence-electron chi connectivity index (χ1n) is 9.95. The maximum Gasteiger partial charge on any atom is 0.248 e. The zero-order valence-electron chi connectivity index (χ0n) is 16.7. The summed E-state index contributed by atoms with van der Waals surface area (Å²) < 4.78 is 0. The standard InChI is InChI=1S/C23H26N4O3/c24-23(30)18-9-6-17(7-10-18)8-11-21(28)25-20-12-14-27(15-13-20)16-22(29)26-19-4-2-1-3-5-19/h1-11,20H,12-16H2,(H2,24,30)(H,25,28)(H,26,29)/b11-8+. The van der Waals surface area contributed by atoms with E-state index >= 15 is 0 Å². The fraction of sp³-hybridized carbons (Fsp3) is 0.261. The van der Waals surface area contributed by atoms with Crippen molar-refractivity contribution in [3.8, 4) is 0 Å². The Bertz CT molecular complexity index is 902. The summed E-state index contributed by atoms with van der Waals surface area (Å²) in [6.45, 7) is 1.85. The monoisotopic (exact) mass is 406 g/mol. The molecule has 0 spiro atoms. The predicted octanol–water partition coefficient (Wildman–Crippen LogP) is 2.02. The number of para-hydroxylation sites is 1. The third-order valence-electron chi connectivity index (χ3n) is 4.98. The van der Waals surface area contributed by atoms with Crippen LogP contribution in [0.5, 0.6) is 0 Å². The second kappa shape index (κ2) is 10.4. The maximum atomic E-state index is 12.2. The molecule has 1 heterocycles. The van der Waals surface area contributed by atoms with Gasteiger partial charge >= 0.3 is 0 Å². The number of benzene rings is 2. The SMILES string of the molecule is NC(=O)c1ccc(/C=C/C(=O)NC2CCN(CC(=O)Nc3ccccc3)CC2)cc1.